The molecule has 0 aromatic heterocycles. The van der Waals surface area contributed by atoms with Crippen molar-refractivity contribution in [3.8, 4) is 0 Å². The summed E-state index contributed by atoms with van der Waals surface area (Å²) in [5.74, 6) is 0.923. The molecule has 2 heteroatoms. The van der Waals surface area contributed by atoms with Crippen LogP contribution >= 0.6 is 0 Å². The summed E-state index contributed by atoms with van der Waals surface area (Å²) >= 11 is 0. The second-order valence-corrected chi connectivity index (χ2v) is 3.47. The summed E-state index contributed by atoms with van der Waals surface area (Å²) in [6, 6.07) is 0. The third kappa shape index (κ3) is 2.01. The maximum Gasteiger partial charge on any atom is 2.00 e. The summed E-state index contributed by atoms with van der Waals surface area (Å²) in [6.07, 6.45) is 10.1. The molecular formula is C9H13BrMg. The van der Waals surface area contributed by atoms with Gasteiger partial charge in [0.05, 0.1) is 0 Å². The molecule has 2 atom stereocenters. The van der Waals surface area contributed by atoms with Gasteiger partial charge in [0.2, 0.25) is 0 Å². The molecule has 2 unspecified atom stereocenters. The first kappa shape index (κ1) is 12.0. The molecule has 0 radical (unpaired) electrons. The predicted octanol–water partition coefficient (Wildman–Crippen LogP) is -0.810. The Hall–Kier alpha value is 0.986. The van der Waals surface area contributed by atoms with Crippen LogP contribution in [0.5, 0.6) is 0 Å². The third-order valence-corrected chi connectivity index (χ3v) is 2.90. The van der Waals surface area contributed by atoms with Crippen molar-refractivity contribution in [2.45, 2.75) is 25.7 Å². The Morgan fingerprint density at radius 1 is 1.55 bits per heavy atom. The van der Waals surface area contributed by atoms with Gasteiger partial charge in [-0.1, -0.05) is 12.2 Å². The first-order chi connectivity index (χ1) is 4.35. The van der Waals surface area contributed by atoms with Gasteiger partial charge in [0.15, 0.2) is 0 Å². The quantitative estimate of drug-likeness (QED) is 0.311. The van der Waals surface area contributed by atoms with Gasteiger partial charge in [-0.2, -0.15) is 6.42 Å². The van der Waals surface area contributed by atoms with Crippen molar-refractivity contribution in [3.63, 3.8) is 0 Å². The molecule has 2 rings (SSSR count). The van der Waals surface area contributed by atoms with Gasteiger partial charge in [-0.15, -0.1) is 0 Å². The smallest absolute Gasteiger partial charge is 1.00 e. The summed E-state index contributed by atoms with van der Waals surface area (Å²) in [6.45, 7) is 3.99. The van der Waals surface area contributed by atoms with Gasteiger partial charge in [0, 0.05) is 0 Å². The Labute approximate surface area is 95.7 Å². The van der Waals surface area contributed by atoms with Crippen LogP contribution in [0.3, 0.4) is 0 Å². The van der Waals surface area contributed by atoms with Crippen LogP contribution in [-0.4, -0.2) is 23.1 Å². The van der Waals surface area contributed by atoms with Crippen molar-refractivity contribution in [3.05, 3.63) is 19.1 Å². The van der Waals surface area contributed by atoms with E-state index in [4.69, 9.17) is 0 Å². The Morgan fingerprint density at radius 2 is 2.27 bits per heavy atom. The SMILES string of the molecule is [Br-].[CH2-]CC12C=CC(CC1)C2.[Mg+2]. The molecule has 2 bridgehead atoms. The average molecular weight is 225 g/mol. The standard InChI is InChI=1S/C9H13.BrH.Mg/c1-2-9-5-3-8(7-9)4-6-9;;/h3,5,8H,1-2,4,6-7H2;1H;/q-1;;+2/p-1. The van der Waals surface area contributed by atoms with Crippen LogP contribution in [0.15, 0.2) is 12.2 Å². The molecule has 0 aromatic carbocycles. The fraction of sp³-hybridized carbons (Fsp3) is 0.667. The molecule has 11 heavy (non-hydrogen) atoms. The van der Waals surface area contributed by atoms with Crippen molar-refractivity contribution >= 4 is 23.1 Å². The summed E-state index contributed by atoms with van der Waals surface area (Å²) in [4.78, 5) is 0. The van der Waals surface area contributed by atoms with E-state index < -0.39 is 0 Å². The number of halogens is 1. The molecule has 0 spiro atoms. The molecule has 0 heterocycles. The van der Waals surface area contributed by atoms with Crippen LogP contribution in [0.25, 0.3) is 0 Å². The van der Waals surface area contributed by atoms with Crippen LogP contribution in [0.4, 0.5) is 0 Å². The van der Waals surface area contributed by atoms with Crippen LogP contribution in [0.1, 0.15) is 25.7 Å². The van der Waals surface area contributed by atoms with Gasteiger partial charge < -0.3 is 23.9 Å². The minimum atomic E-state index is 0. The van der Waals surface area contributed by atoms with Gasteiger partial charge in [-0.05, 0) is 30.6 Å². The zero-order valence-corrected chi connectivity index (χ0v) is 9.85. The van der Waals surface area contributed by atoms with E-state index in [-0.39, 0.29) is 40.0 Å². The van der Waals surface area contributed by atoms with Crippen molar-refractivity contribution < 1.29 is 17.0 Å². The maximum absolute atomic E-state index is 3.99. The molecular weight excluding hydrogens is 212 g/mol. The van der Waals surface area contributed by atoms with Crippen LogP contribution in [-0.2, 0) is 0 Å². The van der Waals surface area contributed by atoms with Crippen LogP contribution in [0.2, 0.25) is 0 Å². The van der Waals surface area contributed by atoms with E-state index >= 15 is 0 Å². The van der Waals surface area contributed by atoms with Crippen molar-refractivity contribution in [1.29, 1.82) is 0 Å². The second kappa shape index (κ2) is 4.29. The first-order valence-corrected chi connectivity index (χ1v) is 3.83. The monoisotopic (exact) mass is 224 g/mol. The van der Waals surface area contributed by atoms with E-state index in [1.807, 2.05) is 0 Å². The Balaban J connectivity index is 0.000000500. The largest absolute Gasteiger partial charge is 2.00 e. The van der Waals surface area contributed by atoms with E-state index in [1.165, 1.54) is 19.3 Å². The Kier molecular flexibility index (Phi) is 4.67. The van der Waals surface area contributed by atoms with Gasteiger partial charge in [-0.3, -0.25) is 0 Å². The van der Waals surface area contributed by atoms with Crippen LogP contribution < -0.4 is 17.0 Å². The number of hydrogen-bond acceptors (Lipinski definition) is 0. The fourth-order valence-corrected chi connectivity index (χ4v) is 2.17. The molecule has 2 aliphatic rings. The van der Waals surface area contributed by atoms with Crippen molar-refractivity contribution in [2.75, 3.05) is 0 Å². The molecule has 0 aliphatic heterocycles. The van der Waals surface area contributed by atoms with Gasteiger partial charge >= 0.3 is 23.1 Å². The number of rotatable bonds is 1. The molecule has 0 saturated heterocycles. The minimum absolute atomic E-state index is 0. The Bertz CT molecular complexity index is 156. The Morgan fingerprint density at radius 3 is 2.45 bits per heavy atom. The van der Waals surface area contributed by atoms with Gasteiger partial charge in [0.1, 0.15) is 0 Å². The molecule has 0 nitrogen and oxygen atoms in total. The molecule has 0 N–H and O–H groups in total. The van der Waals surface area contributed by atoms with E-state index in [0.717, 1.165) is 12.3 Å². The molecule has 0 amide bonds. The molecule has 1 saturated carbocycles. The van der Waals surface area contributed by atoms with Crippen molar-refractivity contribution in [1.82, 2.24) is 0 Å². The third-order valence-electron chi connectivity index (χ3n) is 2.90. The summed E-state index contributed by atoms with van der Waals surface area (Å²) < 4.78 is 0. The summed E-state index contributed by atoms with van der Waals surface area (Å²) in [5, 5.41) is 0. The molecule has 2 aliphatic carbocycles. The predicted molar refractivity (Wildman–Crippen MR) is 44.6 cm³/mol. The zero-order chi connectivity index (χ0) is 6.32. The topological polar surface area (TPSA) is 0 Å². The normalized spacial score (nSPS) is 38.1. The minimum Gasteiger partial charge on any atom is -1.00 e. The fourth-order valence-electron chi connectivity index (χ4n) is 2.17. The average Bonchev–Trinajstić information content (AvgIpc) is 2.46. The second-order valence-electron chi connectivity index (χ2n) is 3.47. The van der Waals surface area contributed by atoms with Crippen molar-refractivity contribution in [2.24, 2.45) is 11.3 Å². The summed E-state index contributed by atoms with van der Waals surface area (Å²) in [5.41, 5.74) is 0.560. The van der Waals surface area contributed by atoms with Crippen LogP contribution in [0, 0.1) is 18.3 Å². The van der Waals surface area contributed by atoms with E-state index in [0.29, 0.717) is 5.41 Å². The van der Waals surface area contributed by atoms with E-state index in [2.05, 4.69) is 19.1 Å². The first-order valence-electron chi connectivity index (χ1n) is 3.83. The maximum atomic E-state index is 3.99. The van der Waals surface area contributed by atoms with E-state index in [9.17, 15) is 0 Å². The number of allylic oxidation sites excluding steroid dienone is 2. The summed E-state index contributed by atoms with van der Waals surface area (Å²) in [7, 11) is 0. The molecule has 58 valence electrons. The molecule has 1 fully saturated rings. The van der Waals surface area contributed by atoms with Gasteiger partial charge in [-0.25, -0.2) is 0 Å². The van der Waals surface area contributed by atoms with E-state index in [1.54, 1.807) is 0 Å². The van der Waals surface area contributed by atoms with Gasteiger partial charge in [0.25, 0.3) is 0 Å². The zero-order valence-electron chi connectivity index (χ0n) is 6.85. The number of hydrogen-bond donors (Lipinski definition) is 0. The number of fused-ring (bicyclic) bond motifs is 2. The molecule has 0 aromatic rings.